The average molecular weight is 484 g/mol. The fraction of sp³-hybridized carbons (Fsp3) is 0.167. The second-order valence-electron chi connectivity index (χ2n) is 7.95. The number of methoxy groups -OCH3 is 2. The van der Waals surface area contributed by atoms with Gasteiger partial charge in [0.2, 0.25) is 0 Å². The zero-order valence-electron chi connectivity index (χ0n) is 20.6. The van der Waals surface area contributed by atoms with Crippen LogP contribution in [0.1, 0.15) is 22.8 Å². The molecule has 0 unspecified atom stereocenters. The maximum Gasteiger partial charge on any atom is 0.255 e. The number of hydrogen-bond acceptors (Lipinski definition) is 5. The van der Waals surface area contributed by atoms with Gasteiger partial charge in [-0.15, -0.1) is 0 Å². The number of carbonyl (C=O) groups excluding carboxylic acids is 1. The van der Waals surface area contributed by atoms with E-state index in [4.69, 9.17) is 18.9 Å². The van der Waals surface area contributed by atoms with E-state index in [1.165, 1.54) is 0 Å². The van der Waals surface area contributed by atoms with Crippen molar-refractivity contribution in [1.82, 2.24) is 0 Å². The van der Waals surface area contributed by atoms with Crippen LogP contribution in [0.2, 0.25) is 0 Å². The Labute approximate surface area is 211 Å². The van der Waals surface area contributed by atoms with Crippen molar-refractivity contribution in [3.8, 4) is 34.1 Å². The smallest absolute Gasteiger partial charge is 0.255 e. The lowest BCUT2D eigenvalue weighted by atomic mass is 10.1. The number of amides is 1. The van der Waals surface area contributed by atoms with Crippen LogP contribution in [0.5, 0.6) is 23.0 Å². The Morgan fingerprint density at radius 3 is 2.14 bits per heavy atom. The summed E-state index contributed by atoms with van der Waals surface area (Å²) in [4.78, 5) is 13.0. The van der Waals surface area contributed by atoms with Gasteiger partial charge in [-0.25, -0.2) is 0 Å². The molecule has 0 aliphatic carbocycles. The van der Waals surface area contributed by atoms with Crippen LogP contribution >= 0.6 is 0 Å². The van der Waals surface area contributed by atoms with Gasteiger partial charge < -0.3 is 24.3 Å². The van der Waals surface area contributed by atoms with Crippen LogP contribution < -0.4 is 24.3 Å². The Kier molecular flexibility index (Phi) is 8.08. The number of carbonyl (C=O) groups is 1. The number of ether oxygens (including phenoxy) is 4. The Morgan fingerprint density at radius 1 is 0.722 bits per heavy atom. The van der Waals surface area contributed by atoms with Crippen molar-refractivity contribution in [3.05, 3.63) is 102 Å². The molecular formula is C30H29NO5. The van der Waals surface area contributed by atoms with E-state index >= 15 is 0 Å². The van der Waals surface area contributed by atoms with Crippen molar-refractivity contribution < 1.29 is 23.7 Å². The second kappa shape index (κ2) is 11.8. The van der Waals surface area contributed by atoms with E-state index in [-0.39, 0.29) is 12.5 Å². The number of anilines is 1. The van der Waals surface area contributed by atoms with Crippen molar-refractivity contribution in [2.75, 3.05) is 26.1 Å². The molecule has 0 aromatic heterocycles. The molecule has 0 spiro atoms. The molecule has 4 aromatic carbocycles. The molecule has 0 heterocycles. The lowest BCUT2D eigenvalue weighted by Gasteiger charge is -2.15. The van der Waals surface area contributed by atoms with Gasteiger partial charge in [0.1, 0.15) is 29.6 Å². The summed E-state index contributed by atoms with van der Waals surface area (Å²) in [5, 5.41) is 2.90. The number of nitrogens with one attached hydrogen (secondary N) is 1. The summed E-state index contributed by atoms with van der Waals surface area (Å²) in [6.07, 6.45) is 0. The fourth-order valence-corrected chi connectivity index (χ4v) is 3.76. The van der Waals surface area contributed by atoms with Crippen LogP contribution in [0.4, 0.5) is 5.69 Å². The van der Waals surface area contributed by atoms with Crippen LogP contribution in [-0.2, 0) is 6.61 Å². The monoisotopic (exact) mass is 483 g/mol. The van der Waals surface area contributed by atoms with Crippen molar-refractivity contribution >= 4 is 11.6 Å². The summed E-state index contributed by atoms with van der Waals surface area (Å²) >= 11 is 0. The average Bonchev–Trinajstić information content (AvgIpc) is 2.93. The zero-order chi connectivity index (χ0) is 25.3. The normalized spacial score (nSPS) is 10.4. The minimum absolute atomic E-state index is 0.257. The molecule has 0 aliphatic rings. The lowest BCUT2D eigenvalue weighted by molar-refractivity contribution is 0.102. The molecular weight excluding hydrogens is 454 g/mol. The number of hydrogen-bond donors (Lipinski definition) is 1. The third-order valence-electron chi connectivity index (χ3n) is 5.64. The first kappa shape index (κ1) is 24.7. The molecule has 0 fully saturated rings. The van der Waals surface area contributed by atoms with Crippen LogP contribution in [0.3, 0.4) is 0 Å². The van der Waals surface area contributed by atoms with Gasteiger partial charge in [-0.3, -0.25) is 4.79 Å². The van der Waals surface area contributed by atoms with Gasteiger partial charge in [-0.05, 0) is 60.5 Å². The third kappa shape index (κ3) is 5.96. The van der Waals surface area contributed by atoms with Crippen LogP contribution in [0.15, 0.2) is 91.0 Å². The lowest BCUT2D eigenvalue weighted by Crippen LogP contribution is -2.14. The first-order valence-corrected chi connectivity index (χ1v) is 11.7. The van der Waals surface area contributed by atoms with Gasteiger partial charge in [0.25, 0.3) is 5.91 Å². The van der Waals surface area contributed by atoms with Crippen molar-refractivity contribution in [2.24, 2.45) is 0 Å². The summed E-state index contributed by atoms with van der Waals surface area (Å²) in [5.74, 6) is 2.29. The molecule has 184 valence electrons. The van der Waals surface area contributed by atoms with Crippen molar-refractivity contribution in [3.63, 3.8) is 0 Å². The van der Waals surface area contributed by atoms with Gasteiger partial charge in [0, 0.05) is 17.2 Å². The number of benzene rings is 4. The Balaban J connectivity index is 1.49. The molecule has 6 nitrogen and oxygen atoms in total. The first-order chi connectivity index (χ1) is 17.6. The molecule has 1 N–H and O–H groups in total. The van der Waals surface area contributed by atoms with E-state index in [1.807, 2.05) is 49.4 Å². The molecule has 0 bridgehead atoms. The first-order valence-electron chi connectivity index (χ1n) is 11.7. The molecule has 0 aliphatic heterocycles. The highest BCUT2D eigenvalue weighted by molar-refractivity contribution is 6.05. The Hall–Kier alpha value is -4.45. The van der Waals surface area contributed by atoms with E-state index in [2.05, 4.69) is 17.4 Å². The molecule has 4 rings (SSSR count). The van der Waals surface area contributed by atoms with Gasteiger partial charge in [-0.2, -0.15) is 0 Å². The minimum Gasteiger partial charge on any atom is -0.497 e. The van der Waals surface area contributed by atoms with E-state index in [0.29, 0.717) is 35.1 Å². The topological polar surface area (TPSA) is 66.0 Å². The van der Waals surface area contributed by atoms with E-state index in [9.17, 15) is 4.79 Å². The van der Waals surface area contributed by atoms with Crippen molar-refractivity contribution in [1.29, 1.82) is 0 Å². The predicted octanol–water partition coefficient (Wildman–Crippen LogP) is 6.60. The van der Waals surface area contributed by atoms with Crippen LogP contribution in [0, 0.1) is 0 Å². The van der Waals surface area contributed by atoms with Crippen LogP contribution in [-0.4, -0.2) is 26.7 Å². The van der Waals surface area contributed by atoms with Gasteiger partial charge in [0.15, 0.2) is 0 Å². The summed E-state index contributed by atoms with van der Waals surface area (Å²) in [6, 6.07) is 28.6. The van der Waals surface area contributed by atoms with E-state index in [0.717, 1.165) is 22.4 Å². The molecule has 6 heteroatoms. The summed E-state index contributed by atoms with van der Waals surface area (Å²) in [5.41, 5.74) is 4.07. The van der Waals surface area contributed by atoms with Crippen molar-refractivity contribution in [2.45, 2.75) is 13.5 Å². The molecule has 0 atom stereocenters. The Morgan fingerprint density at radius 2 is 1.44 bits per heavy atom. The van der Waals surface area contributed by atoms with E-state index in [1.54, 1.807) is 50.6 Å². The fourth-order valence-electron chi connectivity index (χ4n) is 3.76. The molecule has 0 radical (unpaired) electrons. The molecule has 1 amide bonds. The van der Waals surface area contributed by atoms with E-state index < -0.39 is 0 Å². The number of rotatable bonds is 10. The quantitative estimate of drug-likeness (QED) is 0.275. The Bertz CT molecular complexity index is 1300. The second-order valence-corrected chi connectivity index (χ2v) is 7.95. The maximum atomic E-state index is 13.0. The zero-order valence-corrected chi connectivity index (χ0v) is 20.6. The highest BCUT2D eigenvalue weighted by Gasteiger charge is 2.14. The SMILES string of the molecule is CCOc1ccc(C(=O)Nc2ccc(OC)cc2OC)cc1COc1ccc(-c2ccccc2)cc1. The molecule has 36 heavy (non-hydrogen) atoms. The third-order valence-corrected chi connectivity index (χ3v) is 5.64. The summed E-state index contributed by atoms with van der Waals surface area (Å²) in [6.45, 7) is 2.68. The highest BCUT2D eigenvalue weighted by Crippen LogP contribution is 2.30. The predicted molar refractivity (Wildman–Crippen MR) is 141 cm³/mol. The van der Waals surface area contributed by atoms with Gasteiger partial charge in [-0.1, -0.05) is 42.5 Å². The largest absolute Gasteiger partial charge is 0.497 e. The minimum atomic E-state index is -0.269. The van der Waals surface area contributed by atoms with Gasteiger partial charge in [0.05, 0.1) is 26.5 Å². The highest BCUT2D eigenvalue weighted by atomic mass is 16.5. The molecule has 0 saturated heterocycles. The molecule has 4 aromatic rings. The maximum absolute atomic E-state index is 13.0. The summed E-state index contributed by atoms with van der Waals surface area (Å²) < 4.78 is 22.4. The van der Waals surface area contributed by atoms with Gasteiger partial charge >= 0.3 is 0 Å². The van der Waals surface area contributed by atoms with Crippen LogP contribution in [0.25, 0.3) is 11.1 Å². The standard InChI is InChI=1S/C30H29NO5/c1-4-35-28-17-12-23(30(32)31-27-16-15-26(33-2)19-29(27)34-3)18-24(28)20-36-25-13-10-22(11-14-25)21-8-6-5-7-9-21/h5-19H,4,20H2,1-3H3,(H,31,32). The molecule has 0 saturated carbocycles. The summed E-state index contributed by atoms with van der Waals surface area (Å²) in [7, 11) is 3.12.